The van der Waals surface area contributed by atoms with Crippen LogP contribution >= 0.6 is 0 Å². The van der Waals surface area contributed by atoms with Crippen molar-refractivity contribution in [3.05, 3.63) is 35.9 Å². The average molecular weight is 302 g/mol. The molecule has 5 heteroatoms. The summed E-state index contributed by atoms with van der Waals surface area (Å²) in [6, 6.07) is 9.59. The second kappa shape index (κ2) is 7.48. The number of benzene rings is 1. The summed E-state index contributed by atoms with van der Waals surface area (Å²) in [4.78, 5) is 11.0. The van der Waals surface area contributed by atoms with Crippen LogP contribution in [0.4, 0.5) is 13.2 Å². The van der Waals surface area contributed by atoms with Crippen LogP contribution in [0.25, 0.3) is 0 Å². The number of aryl methyl sites for hydroxylation is 1. The van der Waals surface area contributed by atoms with Gasteiger partial charge in [-0.25, -0.2) is 13.2 Å². The molecule has 1 aromatic carbocycles. The minimum Gasteiger partial charge on any atom is -0.481 e. The summed E-state index contributed by atoms with van der Waals surface area (Å²) in [5, 5.41) is 8.97. The van der Waals surface area contributed by atoms with E-state index in [1.165, 1.54) is 0 Å². The Morgan fingerprint density at radius 3 is 2.24 bits per heavy atom. The third-order valence-corrected chi connectivity index (χ3v) is 3.65. The molecule has 0 amide bonds. The molecule has 2 atom stereocenters. The zero-order valence-electron chi connectivity index (χ0n) is 12.2. The van der Waals surface area contributed by atoms with Gasteiger partial charge in [0.2, 0.25) is 0 Å². The second-order valence-electron chi connectivity index (χ2n) is 6.08. The van der Waals surface area contributed by atoms with E-state index in [0.29, 0.717) is 12.8 Å². The van der Waals surface area contributed by atoms with Gasteiger partial charge in [-0.05, 0) is 30.2 Å². The lowest BCUT2D eigenvalue weighted by atomic mass is 9.77. The molecule has 1 N–H and O–H groups in total. The fraction of sp³-hybridized carbons (Fsp3) is 0.562. The molecule has 2 unspecified atom stereocenters. The normalized spacial score (nSPS) is 15.0. The Bertz CT molecular complexity index is 446. The van der Waals surface area contributed by atoms with Gasteiger partial charge in [-0.1, -0.05) is 44.2 Å². The largest absolute Gasteiger partial charge is 0.481 e. The average Bonchev–Trinajstić information content (AvgIpc) is 2.43. The molecule has 0 fully saturated rings. The van der Waals surface area contributed by atoms with Gasteiger partial charge in [-0.3, -0.25) is 4.79 Å². The zero-order chi connectivity index (χ0) is 16.0. The molecule has 0 radical (unpaired) electrons. The molecular formula is C16H21F3O2. The van der Waals surface area contributed by atoms with E-state index in [-0.39, 0.29) is 6.42 Å². The summed E-state index contributed by atoms with van der Waals surface area (Å²) in [5.41, 5.74) is 0.557. The Labute approximate surface area is 123 Å². The van der Waals surface area contributed by atoms with Crippen LogP contribution in [0.15, 0.2) is 30.3 Å². The first-order chi connectivity index (χ1) is 9.73. The molecule has 2 nitrogen and oxygen atoms in total. The lowest BCUT2D eigenvalue weighted by molar-refractivity contribution is -0.148. The highest BCUT2D eigenvalue weighted by Gasteiger charge is 2.38. The van der Waals surface area contributed by atoms with Gasteiger partial charge in [-0.2, -0.15) is 0 Å². The third kappa shape index (κ3) is 5.78. The predicted molar refractivity (Wildman–Crippen MR) is 75.2 cm³/mol. The molecule has 1 aromatic rings. The first kappa shape index (κ1) is 17.5. The molecule has 0 spiro atoms. The molecule has 0 aliphatic rings. The van der Waals surface area contributed by atoms with Crippen molar-refractivity contribution < 1.29 is 23.1 Å². The van der Waals surface area contributed by atoms with Gasteiger partial charge < -0.3 is 5.11 Å². The predicted octanol–water partition coefficient (Wildman–Crippen LogP) is 4.34. The van der Waals surface area contributed by atoms with Gasteiger partial charge >= 0.3 is 5.97 Å². The van der Waals surface area contributed by atoms with Crippen LogP contribution in [0.5, 0.6) is 0 Å². The maximum Gasteiger partial charge on any atom is 0.309 e. The lowest BCUT2D eigenvalue weighted by Crippen LogP contribution is -2.34. The van der Waals surface area contributed by atoms with Crippen molar-refractivity contribution in [1.82, 2.24) is 0 Å². The highest BCUT2D eigenvalue weighted by Crippen LogP contribution is 2.34. The third-order valence-electron chi connectivity index (χ3n) is 3.65. The van der Waals surface area contributed by atoms with Crippen LogP contribution in [-0.4, -0.2) is 23.7 Å². The highest BCUT2D eigenvalue weighted by molar-refractivity contribution is 5.70. The number of hydrogen-bond donors (Lipinski definition) is 1. The molecule has 118 valence electrons. The van der Waals surface area contributed by atoms with Crippen LogP contribution in [0.1, 0.15) is 32.3 Å². The van der Waals surface area contributed by atoms with E-state index in [4.69, 9.17) is 5.11 Å². The van der Waals surface area contributed by atoms with E-state index >= 15 is 0 Å². The van der Waals surface area contributed by atoms with Crippen LogP contribution in [-0.2, 0) is 11.2 Å². The molecule has 0 heterocycles. The van der Waals surface area contributed by atoms with Gasteiger partial charge in [0.1, 0.15) is 0 Å². The highest BCUT2D eigenvalue weighted by atomic mass is 19.3. The number of halogens is 3. The summed E-state index contributed by atoms with van der Waals surface area (Å²) >= 11 is 0. The van der Waals surface area contributed by atoms with Crippen molar-refractivity contribution in [2.24, 2.45) is 11.3 Å². The SMILES string of the molecule is CC(C)(CCc1ccccc1)CC(C(=O)O)C(F)C(F)F. The van der Waals surface area contributed by atoms with E-state index in [1.54, 1.807) is 13.8 Å². The molecule has 0 saturated heterocycles. The topological polar surface area (TPSA) is 37.3 Å². The number of aliphatic carboxylic acids is 1. The van der Waals surface area contributed by atoms with Crippen molar-refractivity contribution in [3.63, 3.8) is 0 Å². The van der Waals surface area contributed by atoms with Gasteiger partial charge in [0.25, 0.3) is 6.43 Å². The summed E-state index contributed by atoms with van der Waals surface area (Å²) in [7, 11) is 0. The minimum atomic E-state index is -3.27. The Balaban J connectivity index is 2.66. The standard InChI is InChI=1S/C16H21F3O2/c1-16(2,9-8-11-6-4-3-5-7-11)10-12(15(20)21)13(17)14(18)19/h3-7,12-14H,8-10H2,1-2H3,(H,20,21). The molecule has 0 aromatic heterocycles. The Morgan fingerprint density at radius 1 is 1.19 bits per heavy atom. The van der Waals surface area contributed by atoms with E-state index in [2.05, 4.69) is 0 Å². The Morgan fingerprint density at radius 2 is 1.76 bits per heavy atom. The molecule has 21 heavy (non-hydrogen) atoms. The minimum absolute atomic E-state index is 0.110. The van der Waals surface area contributed by atoms with Gasteiger partial charge in [0.05, 0.1) is 5.92 Å². The molecule has 0 aliphatic carbocycles. The Hall–Kier alpha value is -1.52. The summed E-state index contributed by atoms with van der Waals surface area (Å²) in [6.45, 7) is 3.56. The smallest absolute Gasteiger partial charge is 0.309 e. The van der Waals surface area contributed by atoms with Crippen LogP contribution in [0, 0.1) is 11.3 Å². The number of carboxylic acids is 1. The van der Waals surface area contributed by atoms with Crippen molar-refractivity contribution in [2.45, 2.75) is 45.7 Å². The van der Waals surface area contributed by atoms with Gasteiger partial charge in [0.15, 0.2) is 6.17 Å². The van der Waals surface area contributed by atoms with Gasteiger partial charge in [0, 0.05) is 0 Å². The summed E-state index contributed by atoms with van der Waals surface area (Å²) < 4.78 is 38.3. The van der Waals surface area contributed by atoms with E-state index in [1.807, 2.05) is 30.3 Å². The monoisotopic (exact) mass is 302 g/mol. The second-order valence-corrected chi connectivity index (χ2v) is 6.08. The van der Waals surface area contributed by atoms with Crippen LogP contribution in [0.2, 0.25) is 0 Å². The van der Waals surface area contributed by atoms with Crippen molar-refractivity contribution in [1.29, 1.82) is 0 Å². The van der Waals surface area contributed by atoms with Gasteiger partial charge in [-0.15, -0.1) is 0 Å². The molecule has 1 rings (SSSR count). The number of rotatable bonds is 8. The number of hydrogen-bond acceptors (Lipinski definition) is 1. The maximum atomic E-state index is 13.4. The quantitative estimate of drug-likeness (QED) is 0.775. The van der Waals surface area contributed by atoms with E-state index < -0.39 is 29.9 Å². The maximum absolute atomic E-state index is 13.4. The number of alkyl halides is 3. The summed E-state index contributed by atoms with van der Waals surface area (Å²) in [5.74, 6) is -3.17. The fourth-order valence-corrected chi connectivity index (χ4v) is 2.34. The Kier molecular flexibility index (Phi) is 6.24. The van der Waals surface area contributed by atoms with Crippen molar-refractivity contribution in [2.75, 3.05) is 0 Å². The van der Waals surface area contributed by atoms with Crippen LogP contribution < -0.4 is 0 Å². The van der Waals surface area contributed by atoms with E-state index in [9.17, 15) is 18.0 Å². The van der Waals surface area contributed by atoms with E-state index in [0.717, 1.165) is 5.56 Å². The zero-order valence-corrected chi connectivity index (χ0v) is 12.2. The van der Waals surface area contributed by atoms with Crippen molar-refractivity contribution >= 4 is 5.97 Å². The van der Waals surface area contributed by atoms with Crippen molar-refractivity contribution in [3.8, 4) is 0 Å². The first-order valence-corrected chi connectivity index (χ1v) is 6.92. The summed E-state index contributed by atoms with van der Waals surface area (Å²) in [6.07, 6.45) is -4.70. The molecular weight excluding hydrogens is 281 g/mol. The fourth-order valence-electron chi connectivity index (χ4n) is 2.34. The first-order valence-electron chi connectivity index (χ1n) is 6.92. The molecule has 0 bridgehead atoms. The lowest BCUT2D eigenvalue weighted by Gasteiger charge is -2.29. The van der Waals surface area contributed by atoms with Crippen LogP contribution in [0.3, 0.4) is 0 Å². The molecule has 0 saturated carbocycles. The number of carboxylic acid groups (broad SMARTS) is 1. The molecule has 0 aliphatic heterocycles. The number of carbonyl (C=O) groups is 1.